The highest BCUT2D eigenvalue weighted by molar-refractivity contribution is 6.60. The lowest BCUT2D eigenvalue weighted by Crippen LogP contribution is -2.31. The maximum Gasteiger partial charge on any atom is 0.489 e. The van der Waals surface area contributed by atoms with Crippen LogP contribution in [0.5, 0.6) is 0 Å². The first-order valence-electron chi connectivity index (χ1n) is 6.97. The van der Waals surface area contributed by atoms with Gasteiger partial charge in [-0.15, -0.1) is 0 Å². The molecular weight excluding hydrogens is 294 g/mol. The van der Waals surface area contributed by atoms with E-state index in [2.05, 4.69) is 0 Å². The lowest BCUT2D eigenvalue weighted by Gasteiger charge is -2.15. The third-order valence-electron chi connectivity index (χ3n) is 3.59. The minimum atomic E-state index is -1.53. The van der Waals surface area contributed by atoms with Crippen LogP contribution in [0.15, 0.2) is 72.8 Å². The first kappa shape index (κ1) is 14.9. The van der Waals surface area contributed by atoms with E-state index in [1.54, 1.807) is 18.2 Å². The zero-order chi connectivity index (χ0) is 15.5. The van der Waals surface area contributed by atoms with Gasteiger partial charge < -0.3 is 10.0 Å². The van der Waals surface area contributed by atoms with Crippen molar-refractivity contribution in [3.05, 3.63) is 77.8 Å². The maximum atomic E-state index is 9.72. The Morgan fingerprint density at radius 2 is 1.36 bits per heavy atom. The van der Waals surface area contributed by atoms with Gasteiger partial charge in [0.2, 0.25) is 0 Å². The van der Waals surface area contributed by atoms with Gasteiger partial charge in [-0.05, 0) is 39.8 Å². The highest BCUT2D eigenvalue weighted by atomic mass is 35.5. The Morgan fingerprint density at radius 1 is 0.682 bits per heavy atom. The van der Waals surface area contributed by atoms with Crippen LogP contribution in [-0.4, -0.2) is 17.2 Å². The molecule has 2 nitrogen and oxygen atoms in total. The second-order valence-electron chi connectivity index (χ2n) is 5.02. The minimum absolute atomic E-state index is 0.476. The Hall–Kier alpha value is -2.07. The van der Waals surface area contributed by atoms with Crippen LogP contribution < -0.4 is 5.46 Å². The minimum Gasteiger partial charge on any atom is -0.423 e. The van der Waals surface area contributed by atoms with Crippen LogP contribution in [0.2, 0.25) is 5.02 Å². The Labute approximate surface area is 134 Å². The second kappa shape index (κ2) is 6.36. The molecular formula is C18H14BClO2. The predicted molar refractivity (Wildman–Crippen MR) is 92.1 cm³/mol. The van der Waals surface area contributed by atoms with Gasteiger partial charge in [0.15, 0.2) is 0 Å². The number of hydrogen-bond acceptors (Lipinski definition) is 2. The van der Waals surface area contributed by atoms with Gasteiger partial charge in [0.25, 0.3) is 0 Å². The molecule has 3 aromatic carbocycles. The lowest BCUT2D eigenvalue weighted by atomic mass is 9.73. The van der Waals surface area contributed by atoms with Crippen LogP contribution in [0.4, 0.5) is 0 Å². The number of benzene rings is 3. The Morgan fingerprint density at radius 3 is 2.00 bits per heavy atom. The zero-order valence-corrected chi connectivity index (χ0v) is 12.5. The highest BCUT2D eigenvalue weighted by Gasteiger charge is 2.20. The van der Waals surface area contributed by atoms with Crippen molar-refractivity contribution in [3.63, 3.8) is 0 Å². The Kier molecular flexibility index (Phi) is 4.30. The summed E-state index contributed by atoms with van der Waals surface area (Å²) in [5, 5.41) is 20.1. The van der Waals surface area contributed by atoms with E-state index in [4.69, 9.17) is 11.6 Å². The van der Waals surface area contributed by atoms with Gasteiger partial charge in [0.1, 0.15) is 0 Å². The van der Waals surface area contributed by atoms with E-state index in [1.807, 2.05) is 54.6 Å². The van der Waals surface area contributed by atoms with E-state index in [0.717, 1.165) is 22.3 Å². The van der Waals surface area contributed by atoms with Crippen molar-refractivity contribution in [2.24, 2.45) is 0 Å². The van der Waals surface area contributed by atoms with E-state index in [-0.39, 0.29) is 0 Å². The number of rotatable bonds is 3. The van der Waals surface area contributed by atoms with E-state index in [9.17, 15) is 10.0 Å². The molecule has 0 saturated heterocycles. The fourth-order valence-corrected chi connectivity index (χ4v) is 2.71. The van der Waals surface area contributed by atoms with E-state index in [0.29, 0.717) is 10.5 Å². The molecule has 0 aliphatic heterocycles. The first-order chi connectivity index (χ1) is 10.7. The van der Waals surface area contributed by atoms with Crippen molar-refractivity contribution < 1.29 is 10.0 Å². The van der Waals surface area contributed by atoms with Crippen LogP contribution in [0.3, 0.4) is 0 Å². The van der Waals surface area contributed by atoms with Crippen molar-refractivity contribution >= 4 is 24.2 Å². The van der Waals surface area contributed by atoms with Crippen LogP contribution in [0.1, 0.15) is 0 Å². The Balaban J connectivity index is 2.27. The molecule has 3 aromatic rings. The van der Waals surface area contributed by atoms with E-state index < -0.39 is 7.12 Å². The molecule has 0 fully saturated rings. The molecule has 22 heavy (non-hydrogen) atoms. The molecule has 108 valence electrons. The smallest absolute Gasteiger partial charge is 0.423 e. The largest absolute Gasteiger partial charge is 0.489 e. The monoisotopic (exact) mass is 308 g/mol. The van der Waals surface area contributed by atoms with Gasteiger partial charge >= 0.3 is 7.12 Å². The number of halogens is 1. The SMILES string of the molecule is OB(O)c1cccc(-c2ccccc2)c1-c1ccc(Cl)cc1. The van der Waals surface area contributed by atoms with Gasteiger partial charge in [-0.3, -0.25) is 0 Å². The molecule has 0 amide bonds. The molecule has 0 aliphatic rings. The average molecular weight is 309 g/mol. The van der Waals surface area contributed by atoms with Crippen LogP contribution in [0, 0.1) is 0 Å². The fourth-order valence-electron chi connectivity index (χ4n) is 2.58. The highest BCUT2D eigenvalue weighted by Crippen LogP contribution is 2.31. The normalized spacial score (nSPS) is 10.5. The van der Waals surface area contributed by atoms with Gasteiger partial charge in [0.05, 0.1) is 0 Å². The molecule has 3 rings (SSSR count). The van der Waals surface area contributed by atoms with Gasteiger partial charge in [-0.25, -0.2) is 0 Å². The van der Waals surface area contributed by atoms with Gasteiger partial charge in [0, 0.05) is 5.02 Å². The number of hydrogen-bond donors (Lipinski definition) is 2. The average Bonchev–Trinajstić information content (AvgIpc) is 2.56. The van der Waals surface area contributed by atoms with Gasteiger partial charge in [-0.2, -0.15) is 0 Å². The molecule has 0 aromatic heterocycles. The second-order valence-corrected chi connectivity index (χ2v) is 5.45. The lowest BCUT2D eigenvalue weighted by molar-refractivity contribution is 0.426. The summed E-state index contributed by atoms with van der Waals surface area (Å²) in [7, 11) is -1.53. The standard InChI is InChI=1S/C18H14BClO2/c20-15-11-9-14(10-12-15)18-16(13-5-2-1-3-6-13)7-4-8-17(18)19(21)22/h1-12,21-22H. The molecule has 0 heterocycles. The zero-order valence-electron chi connectivity index (χ0n) is 11.8. The van der Waals surface area contributed by atoms with Crippen LogP contribution in [-0.2, 0) is 0 Å². The summed E-state index contributed by atoms with van der Waals surface area (Å²) < 4.78 is 0. The molecule has 0 atom stereocenters. The quantitative estimate of drug-likeness (QED) is 0.729. The van der Waals surface area contributed by atoms with Crippen LogP contribution in [0.25, 0.3) is 22.3 Å². The van der Waals surface area contributed by atoms with Crippen molar-refractivity contribution in [3.8, 4) is 22.3 Å². The fraction of sp³-hybridized carbons (Fsp3) is 0. The summed E-state index contributed by atoms with van der Waals surface area (Å²) in [6.07, 6.45) is 0. The molecule has 0 aliphatic carbocycles. The van der Waals surface area contributed by atoms with Crippen LogP contribution >= 0.6 is 11.6 Å². The first-order valence-corrected chi connectivity index (χ1v) is 7.35. The summed E-state index contributed by atoms with van der Waals surface area (Å²) in [5.41, 5.74) is 4.15. The topological polar surface area (TPSA) is 40.5 Å². The molecule has 0 radical (unpaired) electrons. The summed E-state index contributed by atoms with van der Waals surface area (Å²) >= 11 is 5.96. The van der Waals surface area contributed by atoms with Gasteiger partial charge in [-0.1, -0.05) is 72.3 Å². The van der Waals surface area contributed by atoms with E-state index in [1.165, 1.54) is 0 Å². The summed E-state index contributed by atoms with van der Waals surface area (Å²) in [4.78, 5) is 0. The molecule has 2 N–H and O–H groups in total. The molecule has 0 saturated carbocycles. The molecule has 0 bridgehead atoms. The Bertz CT molecular complexity index is 771. The predicted octanol–water partition coefficient (Wildman–Crippen LogP) is 3.35. The third-order valence-corrected chi connectivity index (χ3v) is 3.84. The summed E-state index contributed by atoms with van der Waals surface area (Å²) in [5.74, 6) is 0. The third kappa shape index (κ3) is 2.92. The van der Waals surface area contributed by atoms with Crippen molar-refractivity contribution in [2.45, 2.75) is 0 Å². The molecule has 0 unspecified atom stereocenters. The van der Waals surface area contributed by atoms with Crippen molar-refractivity contribution in [1.29, 1.82) is 0 Å². The molecule has 4 heteroatoms. The molecule has 0 spiro atoms. The van der Waals surface area contributed by atoms with E-state index >= 15 is 0 Å². The van der Waals surface area contributed by atoms with Crippen molar-refractivity contribution in [2.75, 3.05) is 0 Å². The summed E-state index contributed by atoms with van der Waals surface area (Å²) in [6.45, 7) is 0. The summed E-state index contributed by atoms with van der Waals surface area (Å²) in [6, 6.07) is 22.8. The van der Waals surface area contributed by atoms with Crippen molar-refractivity contribution in [1.82, 2.24) is 0 Å². The maximum absolute atomic E-state index is 9.72.